The van der Waals surface area contributed by atoms with Crippen molar-refractivity contribution in [1.82, 2.24) is 10.2 Å². The summed E-state index contributed by atoms with van der Waals surface area (Å²) in [6.07, 6.45) is 1.69. The van der Waals surface area contributed by atoms with Gasteiger partial charge in [0.25, 0.3) is 0 Å². The van der Waals surface area contributed by atoms with Crippen LogP contribution in [0.1, 0.15) is 19.8 Å². The van der Waals surface area contributed by atoms with E-state index in [1.807, 2.05) is 6.92 Å². The molecule has 0 aromatic rings. The fourth-order valence-electron chi connectivity index (χ4n) is 2.04. The Hall–Kier alpha value is -0.850. The minimum absolute atomic E-state index is 0. The molecule has 1 rings (SSSR count). The molecule has 0 radical (unpaired) electrons. The van der Waals surface area contributed by atoms with Gasteiger partial charge in [-0.25, -0.2) is 0 Å². The number of rotatable bonds is 6. The second-order valence-corrected chi connectivity index (χ2v) is 4.40. The van der Waals surface area contributed by atoms with Crippen molar-refractivity contribution in [3.05, 3.63) is 0 Å². The van der Waals surface area contributed by atoms with Gasteiger partial charge in [0, 0.05) is 32.8 Å². The fourth-order valence-corrected chi connectivity index (χ4v) is 2.04. The van der Waals surface area contributed by atoms with Gasteiger partial charge in [0.05, 0.1) is 5.92 Å². The van der Waals surface area contributed by atoms with Gasteiger partial charge in [0.15, 0.2) is 0 Å². The quantitative estimate of drug-likeness (QED) is 0.708. The van der Waals surface area contributed by atoms with Crippen molar-refractivity contribution >= 4 is 24.2 Å². The summed E-state index contributed by atoms with van der Waals surface area (Å²) < 4.78 is 5.10. The van der Waals surface area contributed by atoms with E-state index in [1.54, 1.807) is 4.90 Å². The maximum atomic E-state index is 11.8. The third-order valence-electron chi connectivity index (χ3n) is 3.02. The molecule has 19 heavy (non-hydrogen) atoms. The number of piperidine rings is 1. The second kappa shape index (κ2) is 10.00. The van der Waals surface area contributed by atoms with Gasteiger partial charge in [-0.05, 0) is 19.8 Å². The molecule has 7 heteroatoms. The van der Waals surface area contributed by atoms with Crippen LogP contribution >= 0.6 is 12.4 Å². The first-order valence-corrected chi connectivity index (χ1v) is 6.52. The largest absolute Gasteiger partial charge is 0.372 e. The van der Waals surface area contributed by atoms with Gasteiger partial charge in [-0.15, -0.1) is 12.4 Å². The van der Waals surface area contributed by atoms with Crippen LogP contribution in [-0.2, 0) is 14.3 Å². The van der Waals surface area contributed by atoms with Gasteiger partial charge in [-0.3, -0.25) is 9.59 Å². The molecule has 1 saturated heterocycles. The lowest BCUT2D eigenvalue weighted by Gasteiger charge is -2.32. The van der Waals surface area contributed by atoms with Gasteiger partial charge >= 0.3 is 0 Å². The summed E-state index contributed by atoms with van der Waals surface area (Å²) in [5, 5.41) is 2.77. The van der Waals surface area contributed by atoms with Crippen LogP contribution < -0.4 is 11.1 Å². The summed E-state index contributed by atoms with van der Waals surface area (Å²) in [6, 6.07) is 0. The highest BCUT2D eigenvalue weighted by Crippen LogP contribution is 2.16. The van der Waals surface area contributed by atoms with Crippen LogP contribution in [0.5, 0.6) is 0 Å². The van der Waals surface area contributed by atoms with Gasteiger partial charge in [-0.2, -0.15) is 0 Å². The van der Waals surface area contributed by atoms with Gasteiger partial charge < -0.3 is 20.7 Å². The molecule has 0 spiro atoms. The molecule has 1 unspecified atom stereocenters. The number of hydrogen-bond donors (Lipinski definition) is 2. The molecule has 0 aliphatic carbocycles. The third kappa shape index (κ3) is 6.22. The predicted octanol–water partition coefficient (Wildman–Crippen LogP) is -0.242. The highest BCUT2D eigenvalue weighted by molar-refractivity contribution is 5.85. The summed E-state index contributed by atoms with van der Waals surface area (Å²) in [5.41, 5.74) is 5.34. The topological polar surface area (TPSA) is 84.7 Å². The molecule has 1 fully saturated rings. The molecule has 6 nitrogen and oxygen atoms in total. The van der Waals surface area contributed by atoms with Crippen molar-refractivity contribution in [2.24, 2.45) is 11.7 Å². The number of carbonyl (C=O) groups excluding carboxylic acids is 2. The Morgan fingerprint density at radius 2 is 2.21 bits per heavy atom. The average Bonchev–Trinajstić information content (AvgIpc) is 2.42. The zero-order valence-corrected chi connectivity index (χ0v) is 12.2. The van der Waals surface area contributed by atoms with E-state index in [2.05, 4.69) is 5.32 Å². The molecular weight excluding hydrogens is 270 g/mol. The van der Waals surface area contributed by atoms with E-state index < -0.39 is 0 Å². The third-order valence-corrected chi connectivity index (χ3v) is 3.02. The van der Waals surface area contributed by atoms with Crippen molar-refractivity contribution in [3.63, 3.8) is 0 Å². The van der Waals surface area contributed by atoms with E-state index >= 15 is 0 Å². The number of nitrogens with one attached hydrogen (secondary N) is 1. The van der Waals surface area contributed by atoms with Crippen LogP contribution in [0.15, 0.2) is 0 Å². The first-order valence-electron chi connectivity index (χ1n) is 6.52. The number of amides is 2. The minimum atomic E-state index is -0.115. The Bertz CT molecular complexity index is 263. The van der Waals surface area contributed by atoms with Crippen molar-refractivity contribution in [3.8, 4) is 0 Å². The lowest BCUT2D eigenvalue weighted by molar-refractivity contribution is -0.139. The smallest absolute Gasteiger partial charge is 0.248 e. The molecule has 3 N–H and O–H groups in total. The van der Waals surface area contributed by atoms with E-state index in [4.69, 9.17) is 10.5 Å². The summed E-state index contributed by atoms with van der Waals surface area (Å²) in [6.45, 7) is 4.61. The Labute approximate surface area is 120 Å². The van der Waals surface area contributed by atoms with E-state index in [9.17, 15) is 9.59 Å². The lowest BCUT2D eigenvalue weighted by Crippen LogP contribution is -2.47. The van der Waals surface area contributed by atoms with Crippen LogP contribution in [0.3, 0.4) is 0 Å². The standard InChI is InChI=1S/C12H23N3O3.ClH/c1-2-18-9-11(16)15-7-3-4-10(8-15)12(17)14-6-5-13;/h10H,2-9,13H2,1H3,(H,14,17);1H. The minimum Gasteiger partial charge on any atom is -0.372 e. The molecule has 0 saturated carbocycles. The predicted molar refractivity (Wildman–Crippen MR) is 75.1 cm³/mol. The van der Waals surface area contributed by atoms with Gasteiger partial charge in [0.1, 0.15) is 6.61 Å². The number of halogens is 1. The van der Waals surface area contributed by atoms with E-state index in [0.717, 1.165) is 12.8 Å². The zero-order valence-electron chi connectivity index (χ0n) is 11.4. The van der Waals surface area contributed by atoms with Crippen LogP contribution in [0.2, 0.25) is 0 Å². The highest BCUT2D eigenvalue weighted by Gasteiger charge is 2.27. The molecule has 1 atom stereocenters. The van der Waals surface area contributed by atoms with E-state index in [0.29, 0.717) is 32.8 Å². The lowest BCUT2D eigenvalue weighted by atomic mass is 9.97. The monoisotopic (exact) mass is 293 g/mol. The van der Waals surface area contributed by atoms with Gasteiger partial charge in [0.2, 0.25) is 11.8 Å². The summed E-state index contributed by atoms with van der Waals surface area (Å²) in [5.74, 6) is -0.154. The molecule has 112 valence electrons. The summed E-state index contributed by atoms with van der Waals surface area (Å²) in [7, 11) is 0. The van der Waals surface area contributed by atoms with Crippen molar-refractivity contribution in [2.75, 3.05) is 39.4 Å². The first-order chi connectivity index (χ1) is 8.69. The highest BCUT2D eigenvalue weighted by atomic mass is 35.5. The van der Waals surface area contributed by atoms with Crippen LogP contribution in [0.25, 0.3) is 0 Å². The normalized spacial score (nSPS) is 18.6. The molecule has 0 bridgehead atoms. The van der Waals surface area contributed by atoms with Crippen LogP contribution in [-0.4, -0.2) is 56.1 Å². The number of ether oxygens (including phenoxy) is 1. The molecular formula is C12H24ClN3O3. The number of hydrogen-bond acceptors (Lipinski definition) is 4. The molecule has 0 aromatic heterocycles. The Morgan fingerprint density at radius 3 is 2.84 bits per heavy atom. The molecule has 1 aliphatic rings. The van der Waals surface area contributed by atoms with E-state index in [-0.39, 0.29) is 36.7 Å². The first kappa shape index (κ1) is 18.1. The number of likely N-dealkylation sites (tertiary alicyclic amines) is 1. The van der Waals surface area contributed by atoms with Crippen LogP contribution in [0, 0.1) is 5.92 Å². The van der Waals surface area contributed by atoms with Crippen molar-refractivity contribution in [2.45, 2.75) is 19.8 Å². The van der Waals surface area contributed by atoms with Crippen molar-refractivity contribution < 1.29 is 14.3 Å². The van der Waals surface area contributed by atoms with Crippen molar-refractivity contribution in [1.29, 1.82) is 0 Å². The maximum absolute atomic E-state index is 11.8. The summed E-state index contributed by atoms with van der Waals surface area (Å²) in [4.78, 5) is 25.3. The molecule has 0 aromatic carbocycles. The van der Waals surface area contributed by atoms with Crippen LogP contribution in [0.4, 0.5) is 0 Å². The number of nitrogens with two attached hydrogens (primary N) is 1. The average molecular weight is 294 g/mol. The summed E-state index contributed by atoms with van der Waals surface area (Å²) >= 11 is 0. The second-order valence-electron chi connectivity index (χ2n) is 4.40. The SMILES string of the molecule is CCOCC(=O)N1CCCC(C(=O)NCCN)C1.Cl. The molecule has 2 amide bonds. The zero-order chi connectivity index (χ0) is 13.4. The van der Waals surface area contributed by atoms with E-state index in [1.165, 1.54) is 0 Å². The number of carbonyl (C=O) groups is 2. The Morgan fingerprint density at radius 1 is 1.47 bits per heavy atom. The fraction of sp³-hybridized carbons (Fsp3) is 0.833. The molecule has 1 aliphatic heterocycles. The Kier molecular flexibility index (Phi) is 9.55. The molecule has 1 heterocycles. The van der Waals surface area contributed by atoms with Gasteiger partial charge in [-0.1, -0.05) is 0 Å². The Balaban J connectivity index is 0.00000324. The maximum Gasteiger partial charge on any atom is 0.248 e. The number of nitrogens with zero attached hydrogens (tertiary/aromatic N) is 1.